The molecule has 0 aliphatic carbocycles. The highest BCUT2D eigenvalue weighted by molar-refractivity contribution is 6.09. The highest BCUT2D eigenvalue weighted by Crippen LogP contribution is 2.18. The zero-order chi connectivity index (χ0) is 16.2. The lowest BCUT2D eigenvalue weighted by atomic mass is 10.0. The van der Waals surface area contributed by atoms with Gasteiger partial charge in [0.05, 0.1) is 6.26 Å². The Morgan fingerprint density at radius 3 is 2.13 bits per heavy atom. The van der Waals surface area contributed by atoms with Crippen LogP contribution >= 0.6 is 0 Å². The maximum absolute atomic E-state index is 12.3. The van der Waals surface area contributed by atoms with Gasteiger partial charge in [-0.2, -0.15) is 0 Å². The third-order valence-corrected chi connectivity index (χ3v) is 3.44. The summed E-state index contributed by atoms with van der Waals surface area (Å²) in [5.74, 6) is 0.318. The summed E-state index contributed by atoms with van der Waals surface area (Å²) in [5.41, 5.74) is 1.54. The first kappa shape index (κ1) is 14.8. The maximum Gasteiger partial charge on any atom is 0.347 e. The van der Waals surface area contributed by atoms with Crippen molar-refractivity contribution in [2.24, 2.45) is 0 Å². The summed E-state index contributed by atoms with van der Waals surface area (Å²) in [5, 5.41) is 0. The van der Waals surface area contributed by atoms with Gasteiger partial charge in [0, 0.05) is 11.1 Å². The standard InChI is InChI=1S/C19H14O4/c1-13-17(11-12-22-13)19(21)23-16-9-7-15(8-10-16)18(20)14-5-3-2-4-6-14/h2-12H,1H3. The first-order valence-electron chi connectivity index (χ1n) is 7.11. The molecule has 0 radical (unpaired) electrons. The van der Waals surface area contributed by atoms with Crippen LogP contribution in [0.5, 0.6) is 5.75 Å². The van der Waals surface area contributed by atoms with Gasteiger partial charge < -0.3 is 9.15 Å². The number of esters is 1. The molecular formula is C19H14O4. The van der Waals surface area contributed by atoms with Crippen LogP contribution in [0.3, 0.4) is 0 Å². The summed E-state index contributed by atoms with van der Waals surface area (Å²) >= 11 is 0. The number of ether oxygens (including phenoxy) is 1. The Morgan fingerprint density at radius 2 is 1.52 bits per heavy atom. The number of benzene rings is 2. The van der Waals surface area contributed by atoms with Gasteiger partial charge in [0.25, 0.3) is 0 Å². The maximum atomic E-state index is 12.3. The molecule has 0 saturated heterocycles. The van der Waals surface area contributed by atoms with Gasteiger partial charge in [0.1, 0.15) is 17.1 Å². The fourth-order valence-electron chi connectivity index (χ4n) is 2.19. The number of carbonyl (C=O) groups is 2. The summed E-state index contributed by atoms with van der Waals surface area (Å²) in [4.78, 5) is 24.3. The zero-order valence-corrected chi connectivity index (χ0v) is 12.5. The molecule has 3 rings (SSSR count). The smallest absolute Gasteiger partial charge is 0.347 e. The lowest BCUT2D eigenvalue weighted by molar-refractivity contribution is 0.0733. The van der Waals surface area contributed by atoms with Crippen molar-refractivity contribution in [3.8, 4) is 5.75 Å². The molecule has 0 aliphatic heterocycles. The van der Waals surface area contributed by atoms with Gasteiger partial charge in [-0.05, 0) is 37.3 Å². The Morgan fingerprint density at radius 1 is 0.870 bits per heavy atom. The van der Waals surface area contributed by atoms with Gasteiger partial charge in [-0.25, -0.2) is 4.79 Å². The van der Waals surface area contributed by atoms with Gasteiger partial charge in [0.2, 0.25) is 0 Å². The second kappa shape index (κ2) is 6.32. The Balaban J connectivity index is 1.74. The molecule has 0 saturated carbocycles. The summed E-state index contributed by atoms with van der Waals surface area (Å²) in [6.45, 7) is 1.69. The van der Waals surface area contributed by atoms with Crippen molar-refractivity contribution in [3.63, 3.8) is 0 Å². The summed E-state index contributed by atoms with van der Waals surface area (Å²) in [6.07, 6.45) is 1.44. The Bertz CT molecular complexity index is 829. The Kier molecular flexibility index (Phi) is 4.06. The summed E-state index contributed by atoms with van der Waals surface area (Å²) < 4.78 is 10.3. The van der Waals surface area contributed by atoms with Crippen LogP contribution in [0.4, 0.5) is 0 Å². The second-order valence-electron chi connectivity index (χ2n) is 5.00. The van der Waals surface area contributed by atoms with Gasteiger partial charge in [-0.3, -0.25) is 4.79 Å². The van der Waals surface area contributed by atoms with E-state index in [-0.39, 0.29) is 5.78 Å². The number of ketones is 1. The third kappa shape index (κ3) is 3.21. The van der Waals surface area contributed by atoms with Gasteiger partial charge in [-0.1, -0.05) is 30.3 Å². The fourth-order valence-corrected chi connectivity index (χ4v) is 2.19. The van der Waals surface area contributed by atoms with Crippen LogP contribution in [0, 0.1) is 6.92 Å². The number of carbonyl (C=O) groups excluding carboxylic acids is 2. The molecule has 0 atom stereocenters. The molecule has 0 bridgehead atoms. The predicted octanol–water partition coefficient (Wildman–Crippen LogP) is 4.04. The molecule has 0 N–H and O–H groups in total. The van der Waals surface area contributed by atoms with Crippen LogP contribution in [-0.4, -0.2) is 11.8 Å². The number of hydrogen-bond donors (Lipinski definition) is 0. The van der Waals surface area contributed by atoms with Gasteiger partial charge in [-0.15, -0.1) is 0 Å². The average Bonchev–Trinajstić information content (AvgIpc) is 3.02. The van der Waals surface area contributed by atoms with E-state index in [0.717, 1.165) is 0 Å². The largest absolute Gasteiger partial charge is 0.469 e. The number of rotatable bonds is 4. The zero-order valence-electron chi connectivity index (χ0n) is 12.5. The SMILES string of the molecule is Cc1occc1C(=O)Oc1ccc(C(=O)c2ccccc2)cc1. The molecule has 4 nitrogen and oxygen atoms in total. The molecule has 0 amide bonds. The number of furan rings is 1. The molecule has 3 aromatic rings. The molecule has 0 spiro atoms. The van der Waals surface area contributed by atoms with Crippen molar-refractivity contribution in [1.82, 2.24) is 0 Å². The Hall–Kier alpha value is -3.14. The first-order valence-corrected chi connectivity index (χ1v) is 7.11. The van der Waals surface area contributed by atoms with Crippen molar-refractivity contribution < 1.29 is 18.7 Å². The van der Waals surface area contributed by atoms with Crippen molar-refractivity contribution in [1.29, 1.82) is 0 Å². The van der Waals surface area contributed by atoms with Crippen LogP contribution in [0.1, 0.15) is 32.0 Å². The van der Waals surface area contributed by atoms with E-state index in [0.29, 0.717) is 28.2 Å². The highest BCUT2D eigenvalue weighted by Gasteiger charge is 2.14. The van der Waals surface area contributed by atoms with E-state index in [1.165, 1.54) is 6.26 Å². The highest BCUT2D eigenvalue weighted by atomic mass is 16.5. The molecule has 4 heteroatoms. The van der Waals surface area contributed by atoms with Crippen LogP contribution in [0.25, 0.3) is 0 Å². The first-order chi connectivity index (χ1) is 11.1. The van der Waals surface area contributed by atoms with Crippen LogP contribution in [0.15, 0.2) is 71.3 Å². The van der Waals surface area contributed by atoms with Crippen molar-refractivity contribution in [3.05, 3.63) is 89.4 Å². The van der Waals surface area contributed by atoms with Gasteiger partial charge >= 0.3 is 5.97 Å². The molecule has 23 heavy (non-hydrogen) atoms. The fraction of sp³-hybridized carbons (Fsp3) is 0.0526. The van der Waals surface area contributed by atoms with Crippen LogP contribution in [-0.2, 0) is 0 Å². The van der Waals surface area contributed by atoms with E-state index in [9.17, 15) is 9.59 Å². The minimum absolute atomic E-state index is 0.0749. The van der Waals surface area contributed by atoms with Crippen LogP contribution < -0.4 is 4.74 Å². The topological polar surface area (TPSA) is 56.5 Å². The van der Waals surface area contributed by atoms with E-state index in [1.807, 2.05) is 18.2 Å². The van der Waals surface area contributed by atoms with E-state index in [1.54, 1.807) is 49.4 Å². The van der Waals surface area contributed by atoms with Gasteiger partial charge in [0.15, 0.2) is 5.78 Å². The second-order valence-corrected chi connectivity index (χ2v) is 5.00. The van der Waals surface area contributed by atoms with Crippen molar-refractivity contribution in [2.75, 3.05) is 0 Å². The lowest BCUT2D eigenvalue weighted by Gasteiger charge is -2.05. The normalized spacial score (nSPS) is 10.3. The van der Waals surface area contributed by atoms with E-state index >= 15 is 0 Å². The molecule has 0 unspecified atom stereocenters. The summed E-state index contributed by atoms with van der Waals surface area (Å²) in [7, 11) is 0. The molecule has 1 aromatic heterocycles. The van der Waals surface area contributed by atoms with Crippen molar-refractivity contribution >= 4 is 11.8 Å². The van der Waals surface area contributed by atoms with Crippen LogP contribution in [0.2, 0.25) is 0 Å². The minimum Gasteiger partial charge on any atom is -0.469 e. The predicted molar refractivity (Wildman–Crippen MR) is 84.7 cm³/mol. The average molecular weight is 306 g/mol. The molecule has 2 aromatic carbocycles. The monoisotopic (exact) mass is 306 g/mol. The molecule has 1 heterocycles. The molecule has 114 valence electrons. The third-order valence-electron chi connectivity index (χ3n) is 3.44. The molecule has 0 aliphatic rings. The lowest BCUT2D eigenvalue weighted by Crippen LogP contribution is -2.09. The number of aryl methyl sites for hydroxylation is 1. The van der Waals surface area contributed by atoms with E-state index < -0.39 is 5.97 Å². The van der Waals surface area contributed by atoms with Crippen molar-refractivity contribution in [2.45, 2.75) is 6.92 Å². The molecular weight excluding hydrogens is 292 g/mol. The van der Waals surface area contributed by atoms with E-state index in [2.05, 4.69) is 0 Å². The number of hydrogen-bond acceptors (Lipinski definition) is 4. The quantitative estimate of drug-likeness (QED) is 0.415. The van der Waals surface area contributed by atoms with E-state index in [4.69, 9.17) is 9.15 Å². The molecule has 0 fully saturated rings. The Labute approximate surface area is 133 Å². The minimum atomic E-state index is -0.488. The summed E-state index contributed by atoms with van der Waals surface area (Å²) in [6, 6.07) is 17.1.